The smallest absolute Gasteiger partial charge is 0.235 e. The summed E-state index contributed by atoms with van der Waals surface area (Å²) in [6, 6.07) is 7.48. The van der Waals surface area contributed by atoms with Gasteiger partial charge < -0.3 is 20.8 Å². The predicted molar refractivity (Wildman–Crippen MR) is 111 cm³/mol. The van der Waals surface area contributed by atoms with Gasteiger partial charge >= 0.3 is 0 Å². The van der Waals surface area contributed by atoms with E-state index in [1.165, 1.54) is 31.5 Å². The number of aliphatic hydroxyl groups excluding tert-OH is 2. The van der Waals surface area contributed by atoms with Crippen molar-refractivity contribution in [2.24, 2.45) is 0 Å². The van der Waals surface area contributed by atoms with Crippen LogP contribution in [0.25, 0.3) is 11.2 Å². The van der Waals surface area contributed by atoms with Crippen molar-refractivity contribution in [3.63, 3.8) is 0 Å². The molecule has 0 spiro atoms. The lowest BCUT2D eigenvalue weighted by Crippen LogP contribution is -2.39. The maximum absolute atomic E-state index is 12.0. The van der Waals surface area contributed by atoms with Crippen LogP contribution in [-0.4, -0.2) is 60.1 Å². The Kier molecular flexibility index (Phi) is 5.59. The van der Waals surface area contributed by atoms with Crippen LogP contribution in [0.3, 0.4) is 0 Å². The molecule has 1 fully saturated rings. The third-order valence-corrected chi connectivity index (χ3v) is 6.53. The number of amides is 1. The average Bonchev–Trinajstić information content (AvgIpc) is 3.28. The lowest BCUT2D eigenvalue weighted by molar-refractivity contribution is -0.122. The van der Waals surface area contributed by atoms with Crippen molar-refractivity contribution in [1.82, 2.24) is 24.8 Å². The van der Waals surface area contributed by atoms with E-state index in [0.29, 0.717) is 28.5 Å². The van der Waals surface area contributed by atoms with Gasteiger partial charge in [-0.15, -0.1) is 11.8 Å². The summed E-state index contributed by atoms with van der Waals surface area (Å²) in [7, 11) is 1.49. The number of fused-ring (bicyclic) bond motifs is 1. The molecule has 4 N–H and O–H groups in total. The first-order valence-electron chi connectivity index (χ1n) is 8.88. The molecule has 3 heterocycles. The van der Waals surface area contributed by atoms with Crippen LogP contribution in [0.1, 0.15) is 10.9 Å². The molecule has 1 saturated heterocycles. The molecule has 0 aliphatic carbocycles. The van der Waals surface area contributed by atoms with Crippen LogP contribution in [0.4, 0.5) is 5.82 Å². The summed E-state index contributed by atoms with van der Waals surface area (Å²) in [5.74, 6) is 0.196. The molecule has 152 valence electrons. The summed E-state index contributed by atoms with van der Waals surface area (Å²) in [6.45, 7) is 0.498. The second-order valence-corrected chi connectivity index (χ2v) is 8.27. The van der Waals surface area contributed by atoms with Gasteiger partial charge in [-0.05, 0) is 17.7 Å². The molecular weight excluding hydrogens is 416 g/mol. The number of imidazole rings is 1. The van der Waals surface area contributed by atoms with E-state index in [1.807, 2.05) is 18.2 Å². The van der Waals surface area contributed by atoms with Crippen LogP contribution >= 0.6 is 23.4 Å². The van der Waals surface area contributed by atoms with Crippen LogP contribution in [0, 0.1) is 0 Å². The minimum Gasteiger partial charge on any atom is -0.389 e. The molecule has 0 saturated carbocycles. The second-order valence-electron chi connectivity index (χ2n) is 6.57. The van der Waals surface area contributed by atoms with Gasteiger partial charge in [0.15, 0.2) is 11.5 Å². The van der Waals surface area contributed by atoms with Crippen molar-refractivity contribution in [1.29, 1.82) is 0 Å². The lowest BCUT2D eigenvalue weighted by Gasteiger charge is -2.17. The summed E-state index contributed by atoms with van der Waals surface area (Å²) >= 11 is 7.19. The summed E-state index contributed by atoms with van der Waals surface area (Å²) in [5, 5.41) is 25.7. The highest BCUT2D eigenvalue weighted by Crippen LogP contribution is 2.43. The summed E-state index contributed by atoms with van der Waals surface area (Å²) < 4.78 is 1.66. The van der Waals surface area contributed by atoms with Crippen molar-refractivity contribution in [3.8, 4) is 0 Å². The van der Waals surface area contributed by atoms with Gasteiger partial charge in [-0.1, -0.05) is 23.7 Å². The Hall–Kier alpha value is -2.40. The predicted octanol–water partition coefficient (Wildman–Crippen LogP) is 1.17. The van der Waals surface area contributed by atoms with Gasteiger partial charge in [0.2, 0.25) is 5.91 Å². The number of hydrogen-bond acceptors (Lipinski definition) is 8. The molecule has 1 aliphatic rings. The molecule has 9 nitrogen and oxygen atoms in total. The standard InChI is InChI=1S/C18H19ClN6O3S/c1-20-17(28)14-12(26)13(27)18(29-14)25-8-24-11-15(22-7-23-16(11)25)21-6-9-3-2-4-10(19)5-9/h2-5,7-8,12-14,18,26-27H,6H2,1H3,(H,20,28)(H,21,22,23)/t12?,13?,14-,18+/m0/s1. The number of rotatable bonds is 5. The number of nitrogens with zero attached hydrogens (tertiary/aromatic N) is 4. The number of benzene rings is 1. The van der Waals surface area contributed by atoms with Gasteiger partial charge in [-0.2, -0.15) is 0 Å². The molecule has 11 heteroatoms. The number of carbonyl (C=O) groups is 1. The van der Waals surface area contributed by atoms with Gasteiger partial charge in [0, 0.05) is 18.6 Å². The summed E-state index contributed by atoms with van der Waals surface area (Å²) in [4.78, 5) is 24.9. The van der Waals surface area contributed by atoms with Crippen LogP contribution in [0.15, 0.2) is 36.9 Å². The Bertz CT molecular complexity index is 1050. The molecule has 0 radical (unpaired) electrons. The topological polar surface area (TPSA) is 125 Å². The zero-order valence-electron chi connectivity index (χ0n) is 15.4. The monoisotopic (exact) mass is 434 g/mol. The normalized spacial score (nSPS) is 24.0. The van der Waals surface area contributed by atoms with Gasteiger partial charge in [0.05, 0.1) is 6.33 Å². The number of aromatic nitrogens is 4. The molecule has 0 bridgehead atoms. The SMILES string of the molecule is CNC(=O)[C@H]1S[C@@H](n2cnc3c(NCc4cccc(Cl)c4)ncnc32)C(O)C1O. The van der Waals surface area contributed by atoms with Crippen molar-refractivity contribution in [2.45, 2.75) is 29.4 Å². The molecule has 3 aromatic rings. The van der Waals surface area contributed by atoms with Crippen molar-refractivity contribution >= 4 is 46.3 Å². The first-order valence-corrected chi connectivity index (χ1v) is 10.2. The number of aliphatic hydroxyl groups is 2. The van der Waals surface area contributed by atoms with E-state index in [0.717, 1.165) is 5.56 Å². The minimum atomic E-state index is -1.19. The third-order valence-electron chi connectivity index (χ3n) is 4.73. The first kappa shape index (κ1) is 19.9. The number of hydrogen-bond donors (Lipinski definition) is 4. The molecule has 2 aromatic heterocycles. The Balaban J connectivity index is 1.60. The highest BCUT2D eigenvalue weighted by Gasteiger charge is 2.47. The van der Waals surface area contributed by atoms with E-state index >= 15 is 0 Å². The Morgan fingerprint density at radius 3 is 2.86 bits per heavy atom. The van der Waals surface area contributed by atoms with Gasteiger partial charge in [-0.25, -0.2) is 15.0 Å². The number of carbonyl (C=O) groups excluding carboxylic acids is 1. The quantitative estimate of drug-likeness (QED) is 0.471. The van der Waals surface area contributed by atoms with Crippen LogP contribution in [0.2, 0.25) is 5.02 Å². The zero-order chi connectivity index (χ0) is 20.5. The van der Waals surface area contributed by atoms with Crippen molar-refractivity contribution in [3.05, 3.63) is 47.5 Å². The molecule has 4 atom stereocenters. The molecule has 2 unspecified atom stereocenters. The number of anilines is 1. The fourth-order valence-electron chi connectivity index (χ4n) is 3.25. The van der Waals surface area contributed by atoms with E-state index in [1.54, 1.807) is 10.6 Å². The van der Waals surface area contributed by atoms with E-state index < -0.39 is 22.8 Å². The number of thioether (sulfide) groups is 1. The van der Waals surface area contributed by atoms with E-state index in [2.05, 4.69) is 25.6 Å². The Morgan fingerprint density at radius 1 is 1.28 bits per heavy atom. The largest absolute Gasteiger partial charge is 0.389 e. The highest BCUT2D eigenvalue weighted by atomic mass is 35.5. The molecule has 29 heavy (non-hydrogen) atoms. The Labute approximate surface area is 175 Å². The molecule has 4 rings (SSSR count). The van der Waals surface area contributed by atoms with E-state index in [-0.39, 0.29) is 5.91 Å². The van der Waals surface area contributed by atoms with Crippen molar-refractivity contribution in [2.75, 3.05) is 12.4 Å². The third kappa shape index (κ3) is 3.76. The fourth-order valence-corrected chi connectivity index (χ4v) is 4.93. The maximum atomic E-state index is 12.0. The van der Waals surface area contributed by atoms with E-state index in [9.17, 15) is 15.0 Å². The first-order chi connectivity index (χ1) is 14.0. The minimum absolute atomic E-state index is 0.341. The number of nitrogens with one attached hydrogen (secondary N) is 2. The summed E-state index contributed by atoms with van der Waals surface area (Å²) in [6.07, 6.45) is 0.602. The fraction of sp³-hybridized carbons (Fsp3) is 0.333. The van der Waals surface area contributed by atoms with Crippen LogP contribution in [0.5, 0.6) is 0 Å². The second kappa shape index (κ2) is 8.15. The number of halogens is 1. The summed E-state index contributed by atoms with van der Waals surface area (Å²) in [5.41, 5.74) is 2.01. The molecule has 1 amide bonds. The van der Waals surface area contributed by atoms with Gasteiger partial charge in [-0.3, -0.25) is 9.36 Å². The van der Waals surface area contributed by atoms with Crippen LogP contribution in [-0.2, 0) is 11.3 Å². The lowest BCUT2D eigenvalue weighted by atomic mass is 10.1. The van der Waals surface area contributed by atoms with Crippen molar-refractivity contribution < 1.29 is 15.0 Å². The highest BCUT2D eigenvalue weighted by molar-refractivity contribution is 8.01. The zero-order valence-corrected chi connectivity index (χ0v) is 16.9. The van der Waals surface area contributed by atoms with Gasteiger partial charge in [0.25, 0.3) is 0 Å². The molecular formula is C18H19ClN6O3S. The maximum Gasteiger partial charge on any atom is 0.235 e. The van der Waals surface area contributed by atoms with E-state index in [4.69, 9.17) is 11.6 Å². The average molecular weight is 435 g/mol. The Morgan fingerprint density at radius 2 is 2.10 bits per heavy atom. The van der Waals surface area contributed by atoms with Crippen LogP contribution < -0.4 is 10.6 Å². The van der Waals surface area contributed by atoms with Gasteiger partial charge in [0.1, 0.15) is 34.7 Å². The molecule has 1 aromatic carbocycles. The molecule has 1 aliphatic heterocycles.